The third kappa shape index (κ3) is 5.72. The molecule has 0 saturated carbocycles. The lowest BCUT2D eigenvalue weighted by atomic mass is 9.93. The van der Waals surface area contributed by atoms with E-state index in [1.165, 1.54) is 22.7 Å². The average Bonchev–Trinajstić information content (AvgIpc) is 3.43. The monoisotopic (exact) mass is 499 g/mol. The number of carbonyl (C=O) groups is 3. The Morgan fingerprint density at radius 3 is 2.70 bits per heavy atom. The number of nitrogens with two attached hydrogens (primary N) is 1. The fourth-order valence-electron chi connectivity index (χ4n) is 3.23. The molecule has 0 aliphatic heterocycles. The van der Waals surface area contributed by atoms with E-state index >= 15 is 0 Å². The van der Waals surface area contributed by atoms with Crippen LogP contribution >= 0.6 is 34.3 Å². The largest absolute Gasteiger partial charge is 0.370 e. The molecule has 4 rings (SSSR count). The summed E-state index contributed by atoms with van der Waals surface area (Å²) in [6.45, 7) is 0. The molecule has 0 bridgehead atoms. The molecule has 2 aromatic carbocycles. The summed E-state index contributed by atoms with van der Waals surface area (Å²) in [7, 11) is 0. The number of anilines is 2. The van der Waals surface area contributed by atoms with Gasteiger partial charge in [-0.05, 0) is 42.3 Å². The van der Waals surface area contributed by atoms with Crippen LogP contribution in [0.4, 0.5) is 10.8 Å². The van der Waals surface area contributed by atoms with Crippen molar-refractivity contribution in [1.82, 2.24) is 9.97 Å². The third-order valence-corrected chi connectivity index (χ3v) is 6.54. The lowest BCUT2D eigenvalue weighted by molar-refractivity contribution is -0.119. The Balaban J connectivity index is 1.51. The molecule has 4 N–H and O–H groups in total. The van der Waals surface area contributed by atoms with Gasteiger partial charge >= 0.3 is 0 Å². The summed E-state index contributed by atoms with van der Waals surface area (Å²) in [5, 5.41) is 8.21. The summed E-state index contributed by atoms with van der Waals surface area (Å²) in [6, 6.07) is 12.2. The molecular weight excluding hydrogens is 482 g/mol. The van der Waals surface area contributed by atoms with Gasteiger partial charge in [0.2, 0.25) is 11.8 Å². The summed E-state index contributed by atoms with van der Waals surface area (Å²) in [5.74, 6) is -1.71. The smallest absolute Gasteiger partial charge is 0.275 e. The molecule has 0 spiro atoms. The number of fused-ring (bicyclic) bond motifs is 1. The second-order valence-corrected chi connectivity index (χ2v) is 9.32. The van der Waals surface area contributed by atoms with E-state index < -0.39 is 11.8 Å². The minimum absolute atomic E-state index is 0.0620. The molecule has 2 aromatic heterocycles. The Hall–Kier alpha value is -3.34. The zero-order valence-corrected chi connectivity index (χ0v) is 19.5. The Morgan fingerprint density at radius 2 is 1.97 bits per heavy atom. The standard InChI is InChI=1S/C22H18ClN5O3S2/c23-13-3-1-2-12(8-13)15(5-7-19(24)29)20(30)28-22-27-16-6-4-14(9-18(16)33-22)26-21(31)17-10-32-11-25-17/h1-4,6,8-11,15H,5,7H2,(H2,24,29)(H,26,31)(H,27,28,30)/t15-/m0/s1. The van der Waals surface area contributed by atoms with Crippen molar-refractivity contribution in [3.8, 4) is 0 Å². The number of hydrogen-bond donors (Lipinski definition) is 3. The van der Waals surface area contributed by atoms with E-state index in [1.54, 1.807) is 53.4 Å². The van der Waals surface area contributed by atoms with Gasteiger partial charge in [-0.3, -0.25) is 14.4 Å². The highest BCUT2D eigenvalue weighted by atomic mass is 35.5. The van der Waals surface area contributed by atoms with Gasteiger partial charge in [-0.15, -0.1) is 11.3 Å². The first kappa shape index (κ1) is 22.8. The van der Waals surface area contributed by atoms with Crippen LogP contribution in [0.15, 0.2) is 53.4 Å². The zero-order chi connectivity index (χ0) is 23.4. The van der Waals surface area contributed by atoms with Crippen molar-refractivity contribution in [3.63, 3.8) is 0 Å². The molecular formula is C22H18ClN5O3S2. The van der Waals surface area contributed by atoms with E-state index in [4.69, 9.17) is 17.3 Å². The van der Waals surface area contributed by atoms with Gasteiger partial charge in [0.1, 0.15) is 5.69 Å². The van der Waals surface area contributed by atoms with Crippen LogP contribution < -0.4 is 16.4 Å². The number of nitrogens with one attached hydrogen (secondary N) is 2. The summed E-state index contributed by atoms with van der Waals surface area (Å²) in [6.07, 6.45) is 0.311. The van der Waals surface area contributed by atoms with Crippen LogP contribution in [0.25, 0.3) is 10.2 Å². The lowest BCUT2D eigenvalue weighted by Crippen LogP contribution is -2.23. The molecule has 3 amide bonds. The van der Waals surface area contributed by atoms with Gasteiger partial charge in [0.25, 0.3) is 5.91 Å². The van der Waals surface area contributed by atoms with Gasteiger partial charge < -0.3 is 16.4 Å². The lowest BCUT2D eigenvalue weighted by Gasteiger charge is -2.16. The van der Waals surface area contributed by atoms with E-state index in [0.717, 1.165) is 4.70 Å². The number of amides is 3. The van der Waals surface area contributed by atoms with Crippen molar-refractivity contribution in [2.45, 2.75) is 18.8 Å². The van der Waals surface area contributed by atoms with Gasteiger partial charge in [-0.2, -0.15) is 0 Å². The van der Waals surface area contributed by atoms with Gasteiger partial charge in [0.15, 0.2) is 5.13 Å². The van der Waals surface area contributed by atoms with Gasteiger partial charge in [0.05, 0.1) is 21.6 Å². The van der Waals surface area contributed by atoms with Crippen LogP contribution in [0.2, 0.25) is 5.02 Å². The Labute approximate surface area is 201 Å². The number of thiazole rings is 2. The maximum Gasteiger partial charge on any atom is 0.275 e. The Kier molecular flexibility index (Phi) is 6.97. The maximum absolute atomic E-state index is 13.1. The fraction of sp³-hybridized carbons (Fsp3) is 0.136. The molecule has 0 aliphatic carbocycles. The van der Waals surface area contributed by atoms with Crippen molar-refractivity contribution in [3.05, 3.63) is 69.6 Å². The number of rotatable bonds is 8. The summed E-state index contributed by atoms with van der Waals surface area (Å²) < 4.78 is 0.790. The fourth-order valence-corrected chi connectivity index (χ4v) is 4.87. The van der Waals surface area contributed by atoms with Crippen LogP contribution in [0.1, 0.15) is 34.8 Å². The van der Waals surface area contributed by atoms with Crippen molar-refractivity contribution in [2.75, 3.05) is 10.6 Å². The molecule has 0 saturated heterocycles. The highest BCUT2D eigenvalue weighted by Gasteiger charge is 2.23. The normalized spacial score (nSPS) is 11.8. The number of hydrogen-bond acceptors (Lipinski definition) is 7. The third-order valence-electron chi connectivity index (χ3n) is 4.79. The number of halogens is 1. The number of carbonyl (C=O) groups excluding carboxylic acids is 3. The van der Waals surface area contributed by atoms with Gasteiger partial charge in [-0.25, -0.2) is 9.97 Å². The summed E-state index contributed by atoms with van der Waals surface area (Å²) >= 11 is 8.71. The first-order valence-electron chi connectivity index (χ1n) is 9.84. The van der Waals surface area contributed by atoms with Crippen molar-refractivity contribution in [2.24, 2.45) is 5.73 Å². The number of benzene rings is 2. The molecule has 0 aliphatic rings. The maximum atomic E-state index is 13.1. The topological polar surface area (TPSA) is 127 Å². The van der Waals surface area contributed by atoms with Crippen molar-refractivity contribution in [1.29, 1.82) is 0 Å². The van der Waals surface area contributed by atoms with Crippen molar-refractivity contribution >= 4 is 73.0 Å². The SMILES string of the molecule is NC(=O)CC[C@H](C(=O)Nc1nc2ccc(NC(=O)c3cscn3)cc2s1)c1cccc(Cl)c1. The predicted molar refractivity (Wildman–Crippen MR) is 131 cm³/mol. The molecule has 1 atom stereocenters. The first-order chi connectivity index (χ1) is 15.9. The van der Waals surface area contributed by atoms with E-state index in [2.05, 4.69) is 20.6 Å². The number of aromatic nitrogens is 2. The molecule has 2 heterocycles. The second kappa shape index (κ2) is 10.1. The van der Waals surface area contributed by atoms with Crippen LogP contribution in [0, 0.1) is 0 Å². The Bertz CT molecular complexity index is 1320. The summed E-state index contributed by atoms with van der Waals surface area (Å²) in [4.78, 5) is 45.0. The predicted octanol–water partition coefficient (Wildman–Crippen LogP) is 4.65. The Morgan fingerprint density at radius 1 is 1.12 bits per heavy atom. The van der Waals surface area contributed by atoms with Crippen molar-refractivity contribution < 1.29 is 14.4 Å². The molecule has 33 heavy (non-hydrogen) atoms. The second-order valence-electron chi connectivity index (χ2n) is 7.13. The van der Waals surface area contributed by atoms with E-state index in [1.807, 2.05) is 0 Å². The number of nitrogens with zero attached hydrogens (tertiary/aromatic N) is 2. The first-order valence-corrected chi connectivity index (χ1v) is 12.0. The molecule has 11 heteroatoms. The zero-order valence-electron chi connectivity index (χ0n) is 17.1. The molecule has 4 aromatic rings. The molecule has 0 fully saturated rings. The molecule has 8 nitrogen and oxygen atoms in total. The quantitative estimate of drug-likeness (QED) is 0.325. The highest BCUT2D eigenvalue weighted by Crippen LogP contribution is 2.31. The van der Waals surface area contributed by atoms with Gasteiger partial charge in [-0.1, -0.05) is 35.1 Å². The number of primary amides is 1. The van der Waals surface area contributed by atoms with Gasteiger partial charge in [0, 0.05) is 22.5 Å². The highest BCUT2D eigenvalue weighted by molar-refractivity contribution is 7.22. The molecule has 0 radical (unpaired) electrons. The average molecular weight is 500 g/mol. The summed E-state index contributed by atoms with van der Waals surface area (Å²) in [5.41, 5.74) is 9.20. The van der Waals surface area contributed by atoms with E-state index in [-0.39, 0.29) is 24.7 Å². The van der Waals surface area contributed by atoms with Crippen LogP contribution in [-0.4, -0.2) is 27.7 Å². The molecule has 168 valence electrons. The van der Waals surface area contributed by atoms with Crippen LogP contribution in [-0.2, 0) is 9.59 Å². The minimum Gasteiger partial charge on any atom is -0.370 e. The minimum atomic E-state index is -0.615. The molecule has 0 unspecified atom stereocenters. The van der Waals surface area contributed by atoms with Crippen LogP contribution in [0.5, 0.6) is 0 Å². The van der Waals surface area contributed by atoms with E-state index in [9.17, 15) is 14.4 Å². The van der Waals surface area contributed by atoms with Crippen LogP contribution in [0.3, 0.4) is 0 Å². The van der Waals surface area contributed by atoms with E-state index in [0.29, 0.717) is 32.6 Å².